The number of amides is 1. The zero-order valence-corrected chi connectivity index (χ0v) is 10.4. The van der Waals surface area contributed by atoms with Crippen LogP contribution in [-0.4, -0.2) is 36.1 Å². The molecule has 0 aliphatic rings. The van der Waals surface area contributed by atoms with Crippen LogP contribution in [0.5, 0.6) is 0 Å². The summed E-state index contributed by atoms with van der Waals surface area (Å²) in [4.78, 5) is 26.8. The number of anilines is 1. The Morgan fingerprint density at radius 2 is 2.11 bits per heavy atom. The van der Waals surface area contributed by atoms with Crippen molar-refractivity contribution in [2.75, 3.05) is 19.5 Å². The second-order valence-electron chi connectivity index (χ2n) is 3.66. The molecule has 1 aromatic rings. The van der Waals surface area contributed by atoms with Crippen LogP contribution < -0.4 is 5.32 Å². The summed E-state index contributed by atoms with van der Waals surface area (Å²) < 4.78 is 0. The molecule has 7 heteroatoms. The van der Waals surface area contributed by atoms with E-state index in [9.17, 15) is 14.9 Å². The monoisotopic (exact) mass is 253 g/mol. The van der Waals surface area contributed by atoms with E-state index in [0.717, 1.165) is 5.06 Å². The van der Waals surface area contributed by atoms with E-state index in [1.165, 1.54) is 20.2 Å². The van der Waals surface area contributed by atoms with Crippen LogP contribution in [0.25, 0.3) is 0 Å². The van der Waals surface area contributed by atoms with Gasteiger partial charge < -0.3 is 5.32 Å². The van der Waals surface area contributed by atoms with Gasteiger partial charge in [0.1, 0.15) is 11.7 Å². The Bertz CT molecular complexity index is 450. The number of carbonyl (C=O) groups is 1. The average molecular weight is 253 g/mol. The third-order valence-corrected chi connectivity index (χ3v) is 2.43. The maximum absolute atomic E-state index is 11.7. The Labute approximate surface area is 104 Å². The van der Waals surface area contributed by atoms with E-state index in [2.05, 4.69) is 5.32 Å². The Morgan fingerprint density at radius 1 is 1.50 bits per heavy atom. The van der Waals surface area contributed by atoms with Crippen molar-refractivity contribution in [3.8, 4) is 0 Å². The smallest absolute Gasteiger partial charge is 0.292 e. The van der Waals surface area contributed by atoms with Crippen LogP contribution in [0.4, 0.5) is 11.4 Å². The number of benzene rings is 1. The highest BCUT2D eigenvalue weighted by molar-refractivity contribution is 5.84. The molecule has 0 unspecified atom stereocenters. The van der Waals surface area contributed by atoms with E-state index >= 15 is 0 Å². The van der Waals surface area contributed by atoms with Crippen molar-refractivity contribution in [3.63, 3.8) is 0 Å². The van der Waals surface area contributed by atoms with Gasteiger partial charge in [0.25, 0.3) is 11.6 Å². The minimum absolute atomic E-state index is 0.0720. The van der Waals surface area contributed by atoms with Gasteiger partial charge in [0.05, 0.1) is 12.0 Å². The summed E-state index contributed by atoms with van der Waals surface area (Å²) in [6, 6.07) is 5.52. The first-order valence-electron chi connectivity index (χ1n) is 5.29. The van der Waals surface area contributed by atoms with Gasteiger partial charge in [-0.2, -0.15) is 0 Å². The number of rotatable bonds is 5. The maximum Gasteiger partial charge on any atom is 0.292 e. The lowest BCUT2D eigenvalue weighted by molar-refractivity contribution is -0.384. The fourth-order valence-electron chi connectivity index (χ4n) is 1.41. The van der Waals surface area contributed by atoms with Crippen LogP contribution in [0, 0.1) is 10.1 Å². The summed E-state index contributed by atoms with van der Waals surface area (Å²) in [5, 5.41) is 14.7. The van der Waals surface area contributed by atoms with E-state index in [1.807, 2.05) is 0 Å². The molecule has 0 aliphatic carbocycles. The molecule has 7 nitrogen and oxygen atoms in total. The third-order valence-electron chi connectivity index (χ3n) is 2.43. The Morgan fingerprint density at radius 3 is 2.67 bits per heavy atom. The minimum atomic E-state index is -0.629. The van der Waals surface area contributed by atoms with Crippen molar-refractivity contribution in [2.24, 2.45) is 0 Å². The summed E-state index contributed by atoms with van der Waals surface area (Å²) in [5.41, 5.74) is 0.227. The Balaban J connectivity index is 2.85. The van der Waals surface area contributed by atoms with Crippen LogP contribution in [0.2, 0.25) is 0 Å². The van der Waals surface area contributed by atoms with Crippen LogP contribution in [0.15, 0.2) is 24.3 Å². The van der Waals surface area contributed by atoms with E-state index in [1.54, 1.807) is 25.1 Å². The summed E-state index contributed by atoms with van der Waals surface area (Å²) in [5.74, 6) is -0.323. The summed E-state index contributed by atoms with van der Waals surface area (Å²) in [6.45, 7) is 1.61. The van der Waals surface area contributed by atoms with Crippen molar-refractivity contribution < 1.29 is 14.6 Å². The largest absolute Gasteiger partial charge is 0.368 e. The fraction of sp³-hybridized carbons (Fsp3) is 0.364. The van der Waals surface area contributed by atoms with Gasteiger partial charge in [0.2, 0.25) is 0 Å². The second kappa shape index (κ2) is 5.97. The first-order valence-corrected chi connectivity index (χ1v) is 5.29. The number of hydrogen-bond donors (Lipinski definition) is 1. The molecule has 1 aromatic carbocycles. The Hall–Kier alpha value is -2.15. The molecule has 1 atom stereocenters. The van der Waals surface area contributed by atoms with Crippen LogP contribution in [-0.2, 0) is 9.63 Å². The standard InChI is InChI=1S/C11H15N3O4/c1-8(11(15)13(2)18-3)12-9-6-4-5-7-10(9)14(16)17/h4-8,12H,1-3H3/t8-/m0/s1. The third kappa shape index (κ3) is 3.17. The van der Waals surface area contributed by atoms with Crippen molar-refractivity contribution in [3.05, 3.63) is 34.4 Å². The lowest BCUT2D eigenvalue weighted by Crippen LogP contribution is -2.38. The summed E-state index contributed by atoms with van der Waals surface area (Å²) >= 11 is 0. The molecule has 0 saturated carbocycles. The SMILES string of the molecule is CON(C)C(=O)[C@H](C)Nc1ccccc1[N+](=O)[O-]. The second-order valence-corrected chi connectivity index (χ2v) is 3.66. The van der Waals surface area contributed by atoms with Gasteiger partial charge in [0.15, 0.2) is 0 Å². The number of nitro benzene ring substituents is 1. The molecule has 0 aliphatic heterocycles. The molecule has 0 bridgehead atoms. The van der Waals surface area contributed by atoms with Gasteiger partial charge in [-0.15, -0.1) is 0 Å². The van der Waals surface area contributed by atoms with Crippen LogP contribution >= 0.6 is 0 Å². The maximum atomic E-state index is 11.7. The molecule has 1 N–H and O–H groups in total. The molecule has 0 heterocycles. The molecule has 0 fully saturated rings. The zero-order valence-electron chi connectivity index (χ0n) is 10.4. The predicted molar refractivity (Wildman–Crippen MR) is 66.0 cm³/mol. The molecule has 0 spiro atoms. The molecular weight excluding hydrogens is 238 g/mol. The van der Waals surface area contributed by atoms with Crippen LogP contribution in [0.3, 0.4) is 0 Å². The molecular formula is C11H15N3O4. The van der Waals surface area contributed by atoms with Gasteiger partial charge in [-0.05, 0) is 13.0 Å². The van der Waals surface area contributed by atoms with E-state index in [4.69, 9.17) is 4.84 Å². The molecule has 18 heavy (non-hydrogen) atoms. The lowest BCUT2D eigenvalue weighted by atomic mass is 10.2. The highest BCUT2D eigenvalue weighted by Gasteiger charge is 2.20. The van der Waals surface area contributed by atoms with Gasteiger partial charge in [-0.25, -0.2) is 5.06 Å². The topological polar surface area (TPSA) is 84.7 Å². The van der Waals surface area contributed by atoms with Crippen molar-refractivity contribution in [1.29, 1.82) is 0 Å². The minimum Gasteiger partial charge on any atom is -0.368 e. The number of carbonyl (C=O) groups excluding carboxylic acids is 1. The number of hydrogen-bond acceptors (Lipinski definition) is 5. The predicted octanol–water partition coefficient (Wildman–Crippen LogP) is 1.41. The first kappa shape index (κ1) is 13.9. The van der Waals surface area contributed by atoms with Gasteiger partial charge in [-0.1, -0.05) is 12.1 Å². The van der Waals surface area contributed by atoms with Crippen molar-refractivity contribution in [1.82, 2.24) is 5.06 Å². The molecule has 1 rings (SSSR count). The van der Waals surface area contributed by atoms with Crippen molar-refractivity contribution in [2.45, 2.75) is 13.0 Å². The highest BCUT2D eigenvalue weighted by atomic mass is 16.7. The Kier molecular flexibility index (Phi) is 4.61. The van der Waals surface area contributed by atoms with Crippen molar-refractivity contribution >= 4 is 17.3 Å². The molecule has 0 saturated heterocycles. The number of hydroxylamine groups is 2. The molecule has 0 aromatic heterocycles. The number of nitrogens with one attached hydrogen (secondary N) is 1. The molecule has 1 amide bonds. The number of nitrogens with zero attached hydrogens (tertiary/aromatic N) is 2. The average Bonchev–Trinajstić information content (AvgIpc) is 2.37. The fourth-order valence-corrected chi connectivity index (χ4v) is 1.41. The summed E-state index contributed by atoms with van der Waals surface area (Å²) in [6.07, 6.45) is 0. The number of para-hydroxylation sites is 2. The van der Waals surface area contributed by atoms with Gasteiger partial charge in [-0.3, -0.25) is 19.7 Å². The zero-order chi connectivity index (χ0) is 13.7. The quantitative estimate of drug-likeness (QED) is 0.633. The van der Waals surface area contributed by atoms with Crippen LogP contribution in [0.1, 0.15) is 6.92 Å². The lowest BCUT2D eigenvalue weighted by Gasteiger charge is -2.20. The van der Waals surface area contributed by atoms with E-state index < -0.39 is 11.0 Å². The van der Waals surface area contributed by atoms with E-state index in [-0.39, 0.29) is 11.6 Å². The number of likely N-dealkylation sites (N-methyl/N-ethyl adjacent to an activating group) is 1. The first-order chi connectivity index (χ1) is 8.47. The normalized spacial score (nSPS) is 11.7. The molecule has 0 radical (unpaired) electrons. The summed E-state index contributed by atoms with van der Waals surface area (Å²) in [7, 11) is 2.84. The number of nitro groups is 1. The van der Waals surface area contributed by atoms with E-state index in [0.29, 0.717) is 5.69 Å². The van der Waals surface area contributed by atoms with Gasteiger partial charge in [0, 0.05) is 13.1 Å². The van der Waals surface area contributed by atoms with Gasteiger partial charge >= 0.3 is 0 Å². The highest BCUT2D eigenvalue weighted by Crippen LogP contribution is 2.23. The molecule has 98 valence electrons.